The van der Waals surface area contributed by atoms with Crippen LogP contribution in [0.3, 0.4) is 0 Å². The number of alkyl halides is 3. The summed E-state index contributed by atoms with van der Waals surface area (Å²) in [6, 6.07) is 0.697. The average Bonchev–Trinajstić information content (AvgIpc) is 2.42. The Balaban J connectivity index is 2.82. The van der Waals surface area contributed by atoms with Gasteiger partial charge in [0.25, 0.3) is 0 Å². The van der Waals surface area contributed by atoms with Gasteiger partial charge in [-0.25, -0.2) is 9.07 Å². The van der Waals surface area contributed by atoms with Gasteiger partial charge in [0.05, 0.1) is 0 Å². The Morgan fingerprint density at radius 2 is 2.20 bits per heavy atom. The summed E-state index contributed by atoms with van der Waals surface area (Å²) in [6.07, 6.45) is -4.54. The molecule has 0 aliphatic carbocycles. The number of hydrogen-bond donors (Lipinski definition) is 0. The lowest BCUT2D eigenvalue weighted by Gasteiger charge is -2.02. The molecule has 0 amide bonds. The molecule has 0 unspecified atom stereocenters. The van der Waals surface area contributed by atoms with Crippen LogP contribution in [0.5, 0.6) is 5.88 Å². The van der Waals surface area contributed by atoms with Crippen LogP contribution in [-0.4, -0.2) is 16.4 Å². The number of ether oxygens (including phenoxy) is 1. The van der Waals surface area contributed by atoms with Crippen molar-refractivity contribution < 1.29 is 22.3 Å². The van der Waals surface area contributed by atoms with E-state index in [1.165, 1.54) is 7.05 Å². The zero-order chi connectivity index (χ0) is 11.6. The minimum Gasteiger partial charge on any atom is -0.471 e. The van der Waals surface area contributed by atoms with Gasteiger partial charge in [-0.15, -0.1) is 0 Å². The third kappa shape index (κ3) is 2.97. The van der Waals surface area contributed by atoms with Crippen molar-refractivity contribution in [3.63, 3.8) is 0 Å². The van der Waals surface area contributed by atoms with Crippen LogP contribution in [0.25, 0.3) is 0 Å². The number of hydrogen-bond acceptors (Lipinski definition) is 2. The molecule has 1 aromatic heterocycles. The SMILES string of the molecule is C=C(F)COc1cc(C(F)(F)F)nn1C. The summed E-state index contributed by atoms with van der Waals surface area (Å²) in [5, 5.41) is 3.17. The lowest BCUT2D eigenvalue weighted by molar-refractivity contribution is -0.141. The van der Waals surface area contributed by atoms with Crippen LogP contribution in [0.1, 0.15) is 5.69 Å². The van der Waals surface area contributed by atoms with Crippen LogP contribution in [0.15, 0.2) is 18.5 Å². The number of aryl methyl sites for hydroxylation is 1. The molecule has 1 heterocycles. The molecular weight excluding hydrogens is 216 g/mol. The Kier molecular flexibility index (Phi) is 3.01. The highest BCUT2D eigenvalue weighted by atomic mass is 19.4. The van der Waals surface area contributed by atoms with Crippen LogP contribution >= 0.6 is 0 Å². The van der Waals surface area contributed by atoms with Crippen molar-refractivity contribution in [1.82, 2.24) is 9.78 Å². The monoisotopic (exact) mass is 224 g/mol. The molecule has 0 saturated heterocycles. The molecule has 7 heteroatoms. The van der Waals surface area contributed by atoms with E-state index in [0.717, 1.165) is 4.68 Å². The Morgan fingerprint density at radius 1 is 1.60 bits per heavy atom. The highest BCUT2D eigenvalue weighted by molar-refractivity contribution is 5.18. The maximum absolute atomic E-state index is 12.2. The summed E-state index contributed by atoms with van der Waals surface area (Å²) in [5.41, 5.74) is -1.08. The first-order valence-corrected chi connectivity index (χ1v) is 3.88. The van der Waals surface area contributed by atoms with Gasteiger partial charge in [0.1, 0.15) is 12.4 Å². The molecular formula is C8H8F4N2O. The molecule has 1 rings (SSSR count). The molecule has 84 valence electrons. The topological polar surface area (TPSA) is 27.1 Å². The normalized spacial score (nSPS) is 11.5. The van der Waals surface area contributed by atoms with E-state index in [9.17, 15) is 17.6 Å². The number of halogens is 4. The smallest absolute Gasteiger partial charge is 0.435 e. The maximum atomic E-state index is 12.2. The van der Waals surface area contributed by atoms with Gasteiger partial charge in [0.15, 0.2) is 5.69 Å². The molecule has 0 spiro atoms. The Labute approximate surface area is 82.9 Å². The molecule has 0 fully saturated rings. The van der Waals surface area contributed by atoms with Gasteiger partial charge in [-0.2, -0.15) is 18.3 Å². The molecule has 0 atom stereocenters. The summed E-state index contributed by atoms with van der Waals surface area (Å²) >= 11 is 0. The minimum absolute atomic E-state index is 0.166. The minimum atomic E-state index is -4.54. The molecule has 0 aromatic carbocycles. The third-order valence-corrected chi connectivity index (χ3v) is 1.50. The van der Waals surface area contributed by atoms with Gasteiger partial charge >= 0.3 is 6.18 Å². The van der Waals surface area contributed by atoms with E-state index >= 15 is 0 Å². The standard InChI is InChI=1S/C8H8F4N2O/c1-5(9)4-15-7-3-6(8(10,11)12)13-14(7)2/h3H,1,4H2,2H3. The molecule has 0 bridgehead atoms. The van der Waals surface area contributed by atoms with Gasteiger partial charge in [-0.05, 0) is 0 Å². The van der Waals surface area contributed by atoms with E-state index in [1.807, 2.05) is 0 Å². The van der Waals surface area contributed by atoms with Crippen molar-refractivity contribution >= 4 is 0 Å². The summed E-state index contributed by atoms with van der Waals surface area (Å²) < 4.78 is 54.2. The van der Waals surface area contributed by atoms with Crippen LogP contribution in [-0.2, 0) is 13.2 Å². The predicted octanol–water partition coefficient (Wildman–Crippen LogP) is 2.30. The second kappa shape index (κ2) is 3.92. The average molecular weight is 224 g/mol. The van der Waals surface area contributed by atoms with E-state index in [4.69, 9.17) is 4.74 Å². The lowest BCUT2D eigenvalue weighted by atomic mass is 10.4. The van der Waals surface area contributed by atoms with Crippen molar-refractivity contribution in [2.45, 2.75) is 6.18 Å². The number of aromatic nitrogens is 2. The van der Waals surface area contributed by atoms with Gasteiger partial charge < -0.3 is 4.74 Å². The first kappa shape index (κ1) is 11.5. The molecule has 1 aromatic rings. The molecule has 0 N–H and O–H groups in total. The zero-order valence-electron chi connectivity index (χ0n) is 7.81. The lowest BCUT2D eigenvalue weighted by Crippen LogP contribution is -2.06. The highest BCUT2D eigenvalue weighted by Crippen LogP contribution is 2.30. The fourth-order valence-corrected chi connectivity index (χ4v) is 0.876. The Morgan fingerprint density at radius 3 is 2.60 bits per heavy atom. The van der Waals surface area contributed by atoms with E-state index in [-0.39, 0.29) is 5.88 Å². The van der Waals surface area contributed by atoms with Crippen molar-refractivity contribution in [3.8, 4) is 5.88 Å². The third-order valence-electron chi connectivity index (χ3n) is 1.50. The van der Waals surface area contributed by atoms with Crippen molar-refractivity contribution in [2.24, 2.45) is 7.05 Å². The molecule has 0 aliphatic rings. The molecule has 15 heavy (non-hydrogen) atoms. The summed E-state index contributed by atoms with van der Waals surface area (Å²) in [7, 11) is 1.27. The van der Waals surface area contributed by atoms with E-state index in [0.29, 0.717) is 6.07 Å². The summed E-state index contributed by atoms with van der Waals surface area (Å²) in [5.74, 6) is -0.939. The summed E-state index contributed by atoms with van der Waals surface area (Å²) in [6.45, 7) is 2.42. The number of nitrogens with zero attached hydrogens (tertiary/aromatic N) is 2. The fraction of sp³-hybridized carbons (Fsp3) is 0.375. The fourth-order valence-electron chi connectivity index (χ4n) is 0.876. The van der Waals surface area contributed by atoms with Gasteiger partial charge in [0.2, 0.25) is 5.88 Å². The maximum Gasteiger partial charge on any atom is 0.435 e. The molecule has 3 nitrogen and oxygen atoms in total. The summed E-state index contributed by atoms with van der Waals surface area (Å²) in [4.78, 5) is 0. The van der Waals surface area contributed by atoms with Crippen LogP contribution in [0.2, 0.25) is 0 Å². The quantitative estimate of drug-likeness (QED) is 0.736. The van der Waals surface area contributed by atoms with Crippen molar-refractivity contribution in [3.05, 3.63) is 24.2 Å². The highest BCUT2D eigenvalue weighted by Gasteiger charge is 2.34. The van der Waals surface area contributed by atoms with E-state index in [2.05, 4.69) is 11.7 Å². The molecule has 0 aliphatic heterocycles. The molecule has 0 saturated carbocycles. The Hall–Kier alpha value is -1.53. The molecule has 0 radical (unpaired) electrons. The van der Waals surface area contributed by atoms with Crippen LogP contribution in [0, 0.1) is 0 Å². The van der Waals surface area contributed by atoms with Crippen LogP contribution in [0.4, 0.5) is 17.6 Å². The van der Waals surface area contributed by atoms with Crippen molar-refractivity contribution in [2.75, 3.05) is 6.61 Å². The van der Waals surface area contributed by atoms with Gasteiger partial charge in [-0.3, -0.25) is 0 Å². The first-order chi connectivity index (χ1) is 6.80. The van der Waals surface area contributed by atoms with E-state index in [1.54, 1.807) is 0 Å². The van der Waals surface area contributed by atoms with Crippen LogP contribution < -0.4 is 4.74 Å². The van der Waals surface area contributed by atoms with Crippen molar-refractivity contribution in [1.29, 1.82) is 0 Å². The first-order valence-electron chi connectivity index (χ1n) is 3.88. The second-order valence-corrected chi connectivity index (χ2v) is 2.80. The largest absolute Gasteiger partial charge is 0.471 e. The second-order valence-electron chi connectivity index (χ2n) is 2.80. The zero-order valence-corrected chi connectivity index (χ0v) is 7.81. The van der Waals surface area contributed by atoms with E-state index < -0.39 is 24.3 Å². The van der Waals surface area contributed by atoms with Gasteiger partial charge in [0, 0.05) is 13.1 Å². The predicted molar refractivity (Wildman–Crippen MR) is 44.0 cm³/mol. The Bertz CT molecular complexity index is 369. The number of rotatable bonds is 3. The van der Waals surface area contributed by atoms with Gasteiger partial charge in [-0.1, -0.05) is 6.58 Å².